The molecule has 4 nitrogen and oxygen atoms in total. The lowest BCUT2D eigenvalue weighted by Gasteiger charge is -2.43. The summed E-state index contributed by atoms with van der Waals surface area (Å²) in [5, 5.41) is 4.82. The number of nitrogens with zero attached hydrogens (tertiary/aromatic N) is 3. The van der Waals surface area contributed by atoms with Gasteiger partial charge in [0.05, 0.1) is 5.41 Å². The molecule has 0 fully saturated rings. The molecule has 3 aliphatic rings. The van der Waals surface area contributed by atoms with E-state index in [-0.39, 0.29) is 11.8 Å². The van der Waals surface area contributed by atoms with Crippen molar-refractivity contribution in [3.05, 3.63) is 222 Å². The van der Waals surface area contributed by atoms with E-state index < -0.39 is 5.41 Å². The minimum atomic E-state index is -0.417. The van der Waals surface area contributed by atoms with E-state index in [2.05, 4.69) is 182 Å². The number of hydrogen-bond acceptors (Lipinski definition) is 4. The summed E-state index contributed by atoms with van der Waals surface area (Å²) in [5.74, 6) is 4.20. The molecule has 272 valence electrons. The number of ether oxygens (including phenoxy) is 1. The molecular weight excluding hydrogens is 707 g/mol. The van der Waals surface area contributed by atoms with Crippen LogP contribution in [0.1, 0.15) is 28.2 Å². The third kappa shape index (κ3) is 4.91. The molecule has 8 aromatic carbocycles. The molecule has 1 spiro atoms. The van der Waals surface area contributed by atoms with E-state index >= 15 is 0 Å². The predicted molar refractivity (Wildman–Crippen MR) is 234 cm³/mol. The second kappa shape index (κ2) is 12.8. The summed E-state index contributed by atoms with van der Waals surface area (Å²) in [6, 6.07) is 62.4. The van der Waals surface area contributed by atoms with Crippen LogP contribution in [0.3, 0.4) is 0 Å². The lowest BCUT2D eigenvalue weighted by atomic mass is 9.61. The minimum absolute atomic E-state index is 0.203. The van der Waals surface area contributed by atoms with E-state index in [4.69, 9.17) is 19.7 Å². The van der Waals surface area contributed by atoms with Crippen LogP contribution in [-0.2, 0) is 5.41 Å². The van der Waals surface area contributed by atoms with Crippen molar-refractivity contribution in [1.82, 2.24) is 15.0 Å². The van der Waals surface area contributed by atoms with E-state index in [0.29, 0.717) is 17.5 Å². The van der Waals surface area contributed by atoms with Crippen LogP contribution in [0.2, 0.25) is 0 Å². The second-order valence-corrected chi connectivity index (χ2v) is 15.5. The lowest BCUT2D eigenvalue weighted by Crippen LogP contribution is -2.37. The molecule has 1 aromatic heterocycles. The quantitative estimate of drug-likeness (QED) is 0.169. The Labute approximate surface area is 336 Å². The van der Waals surface area contributed by atoms with Crippen LogP contribution in [0.15, 0.2) is 200 Å². The first-order valence-electron chi connectivity index (χ1n) is 19.9. The van der Waals surface area contributed by atoms with Crippen LogP contribution >= 0.6 is 0 Å². The van der Waals surface area contributed by atoms with Gasteiger partial charge in [-0.2, -0.15) is 0 Å². The van der Waals surface area contributed by atoms with E-state index in [0.717, 1.165) is 44.7 Å². The van der Waals surface area contributed by atoms with Crippen molar-refractivity contribution < 1.29 is 4.74 Å². The zero-order valence-corrected chi connectivity index (χ0v) is 31.5. The number of hydrogen-bond donors (Lipinski definition) is 0. The Morgan fingerprint density at radius 2 is 1.02 bits per heavy atom. The molecule has 3 atom stereocenters. The average molecular weight is 742 g/mol. The Balaban J connectivity index is 1.01. The van der Waals surface area contributed by atoms with Gasteiger partial charge in [0.1, 0.15) is 11.5 Å². The van der Waals surface area contributed by atoms with Crippen LogP contribution in [0.4, 0.5) is 0 Å². The van der Waals surface area contributed by atoms with Crippen molar-refractivity contribution in [2.75, 3.05) is 0 Å². The first-order valence-corrected chi connectivity index (χ1v) is 19.9. The van der Waals surface area contributed by atoms with Gasteiger partial charge in [0.2, 0.25) is 0 Å². The lowest BCUT2D eigenvalue weighted by molar-refractivity contribution is 0.374. The van der Waals surface area contributed by atoms with Gasteiger partial charge in [-0.3, -0.25) is 0 Å². The zero-order valence-electron chi connectivity index (χ0n) is 31.5. The SMILES string of the molecule is C1=CC2c3ccccc3C3(c4ccccc4Oc4ccc(-c5cccc(-c6nc(-c7ccccc7)nc(-c7ccc8c(ccc9ccccc98)c7)n6)c5)cc43)C2C=C1. The Hall–Kier alpha value is -7.43. The number of rotatable bonds is 4. The van der Waals surface area contributed by atoms with Crippen LogP contribution in [0.5, 0.6) is 11.5 Å². The van der Waals surface area contributed by atoms with Crippen LogP contribution < -0.4 is 4.74 Å². The second-order valence-electron chi connectivity index (χ2n) is 15.5. The summed E-state index contributed by atoms with van der Waals surface area (Å²) >= 11 is 0. The van der Waals surface area contributed by atoms with Crippen molar-refractivity contribution in [3.8, 4) is 56.8 Å². The molecule has 12 rings (SSSR count). The Kier molecular flexibility index (Phi) is 7.24. The summed E-state index contributed by atoms with van der Waals surface area (Å²) in [6.07, 6.45) is 9.19. The van der Waals surface area contributed by atoms with Gasteiger partial charge in [0.15, 0.2) is 17.5 Å². The van der Waals surface area contributed by atoms with Crippen LogP contribution in [0.25, 0.3) is 66.8 Å². The van der Waals surface area contributed by atoms with Crippen molar-refractivity contribution in [1.29, 1.82) is 0 Å². The van der Waals surface area contributed by atoms with E-state index in [1.807, 2.05) is 18.2 Å². The van der Waals surface area contributed by atoms with Crippen molar-refractivity contribution >= 4 is 21.5 Å². The highest BCUT2D eigenvalue weighted by Crippen LogP contribution is 2.64. The number of para-hydroxylation sites is 1. The maximum Gasteiger partial charge on any atom is 0.164 e. The molecule has 4 heteroatoms. The number of fused-ring (bicyclic) bond motifs is 12. The first kappa shape index (κ1) is 32.8. The molecule has 0 saturated carbocycles. The largest absolute Gasteiger partial charge is 0.457 e. The number of benzene rings is 8. The summed E-state index contributed by atoms with van der Waals surface area (Å²) in [5.41, 5.74) is 9.70. The summed E-state index contributed by atoms with van der Waals surface area (Å²) in [6.45, 7) is 0. The summed E-state index contributed by atoms with van der Waals surface area (Å²) < 4.78 is 6.73. The maximum atomic E-state index is 6.73. The van der Waals surface area contributed by atoms with E-state index in [1.54, 1.807) is 0 Å². The topological polar surface area (TPSA) is 47.9 Å². The molecule has 0 saturated heterocycles. The highest BCUT2D eigenvalue weighted by Gasteiger charge is 2.56. The fourth-order valence-corrected chi connectivity index (χ4v) is 9.89. The highest BCUT2D eigenvalue weighted by molar-refractivity contribution is 6.08. The molecule has 2 aliphatic carbocycles. The third-order valence-electron chi connectivity index (χ3n) is 12.4. The van der Waals surface area contributed by atoms with Crippen molar-refractivity contribution in [2.45, 2.75) is 11.3 Å². The fraction of sp³-hybridized carbons (Fsp3) is 0.0556. The van der Waals surface area contributed by atoms with Crippen molar-refractivity contribution in [2.24, 2.45) is 5.92 Å². The smallest absolute Gasteiger partial charge is 0.164 e. The fourth-order valence-electron chi connectivity index (χ4n) is 9.89. The molecule has 0 bridgehead atoms. The molecule has 0 N–H and O–H groups in total. The van der Waals surface area contributed by atoms with E-state index in [9.17, 15) is 0 Å². The van der Waals surface area contributed by atoms with E-state index in [1.165, 1.54) is 38.4 Å². The van der Waals surface area contributed by atoms with Gasteiger partial charge in [-0.1, -0.05) is 170 Å². The first-order chi connectivity index (χ1) is 28.7. The summed E-state index contributed by atoms with van der Waals surface area (Å²) in [4.78, 5) is 15.3. The predicted octanol–water partition coefficient (Wildman–Crippen LogP) is 13.1. The maximum absolute atomic E-state index is 6.73. The molecule has 0 radical (unpaired) electrons. The van der Waals surface area contributed by atoms with Gasteiger partial charge < -0.3 is 4.74 Å². The van der Waals surface area contributed by atoms with Gasteiger partial charge in [0, 0.05) is 39.7 Å². The van der Waals surface area contributed by atoms with Crippen molar-refractivity contribution in [3.63, 3.8) is 0 Å². The number of aromatic nitrogens is 3. The Morgan fingerprint density at radius 1 is 0.397 bits per heavy atom. The summed E-state index contributed by atoms with van der Waals surface area (Å²) in [7, 11) is 0. The molecule has 3 unspecified atom stereocenters. The van der Waals surface area contributed by atoms with Gasteiger partial charge in [-0.25, -0.2) is 15.0 Å². The third-order valence-corrected chi connectivity index (χ3v) is 12.4. The van der Waals surface area contributed by atoms with Crippen LogP contribution in [0, 0.1) is 5.92 Å². The standard InChI is InChI=1S/C54H35N3O/c1-2-14-35(15-3-1)51-55-52(57-53(56-51)40-27-29-42-38(32-40)26-25-34-13-4-5-18-41(34)42)39-17-12-16-36(31-39)37-28-30-50-48(33-37)54(47-23-10-11-24-49(47)58-50)45-21-8-6-19-43(45)44-20-7-9-22-46(44)54/h1-33,43,45H. The highest BCUT2D eigenvalue weighted by atomic mass is 16.5. The Bertz CT molecular complexity index is 3180. The molecule has 9 aromatic rings. The normalized spacial score (nSPS) is 18.4. The molecule has 1 aliphatic heterocycles. The molecular formula is C54H35N3O. The molecule has 2 heterocycles. The average Bonchev–Trinajstić information content (AvgIpc) is 3.59. The van der Waals surface area contributed by atoms with Gasteiger partial charge in [-0.05, 0) is 74.1 Å². The van der Waals surface area contributed by atoms with Gasteiger partial charge in [0.25, 0.3) is 0 Å². The van der Waals surface area contributed by atoms with Crippen LogP contribution in [-0.4, -0.2) is 15.0 Å². The monoisotopic (exact) mass is 741 g/mol. The number of allylic oxidation sites excluding steroid dienone is 4. The Morgan fingerprint density at radius 3 is 1.91 bits per heavy atom. The zero-order chi connectivity index (χ0) is 38.2. The molecule has 0 amide bonds. The minimum Gasteiger partial charge on any atom is -0.457 e. The van der Waals surface area contributed by atoms with Gasteiger partial charge >= 0.3 is 0 Å². The van der Waals surface area contributed by atoms with Gasteiger partial charge in [-0.15, -0.1) is 0 Å². The molecule has 58 heavy (non-hydrogen) atoms.